The van der Waals surface area contributed by atoms with E-state index < -0.39 is 0 Å². The summed E-state index contributed by atoms with van der Waals surface area (Å²) in [7, 11) is 1.57. The van der Waals surface area contributed by atoms with Crippen LogP contribution in [-0.2, 0) is 0 Å². The Labute approximate surface area is 156 Å². The molecule has 3 rings (SSSR count). The predicted molar refractivity (Wildman–Crippen MR) is 102 cm³/mol. The lowest BCUT2D eigenvalue weighted by atomic mass is 10.2. The number of aromatic nitrogens is 2. The molecule has 0 fully saturated rings. The molecule has 0 radical (unpaired) electrons. The van der Waals surface area contributed by atoms with E-state index in [1.165, 1.54) is 0 Å². The third-order valence-corrected chi connectivity index (χ3v) is 3.82. The van der Waals surface area contributed by atoms with E-state index in [2.05, 4.69) is 26.7 Å². The number of nitriles is 1. The van der Waals surface area contributed by atoms with E-state index in [1.807, 2.05) is 25.1 Å². The maximum Gasteiger partial charge on any atom is 0.229 e. The van der Waals surface area contributed by atoms with Gasteiger partial charge in [0.1, 0.15) is 11.6 Å². The Morgan fingerprint density at radius 1 is 1.04 bits per heavy atom. The first-order chi connectivity index (χ1) is 12.6. The van der Waals surface area contributed by atoms with E-state index in [1.54, 1.807) is 37.4 Å². The first kappa shape index (κ1) is 17.5. The molecular formula is C19H16ClN5O. The van der Waals surface area contributed by atoms with E-state index in [-0.39, 0.29) is 0 Å². The maximum atomic E-state index is 9.00. The molecule has 0 unspecified atom stereocenters. The Bertz CT molecular complexity index is 984. The maximum absolute atomic E-state index is 9.00. The van der Waals surface area contributed by atoms with E-state index in [4.69, 9.17) is 21.6 Å². The van der Waals surface area contributed by atoms with Crippen LogP contribution in [0.4, 0.5) is 23.1 Å². The number of aryl methyl sites for hydroxylation is 1. The van der Waals surface area contributed by atoms with E-state index >= 15 is 0 Å². The number of hydrogen-bond acceptors (Lipinski definition) is 6. The molecule has 0 amide bonds. The summed E-state index contributed by atoms with van der Waals surface area (Å²) in [5.74, 6) is 1.66. The Kier molecular flexibility index (Phi) is 5.20. The van der Waals surface area contributed by atoms with Crippen LogP contribution in [0.1, 0.15) is 11.3 Å². The summed E-state index contributed by atoms with van der Waals surface area (Å²) in [4.78, 5) is 8.84. The molecule has 0 atom stereocenters. The van der Waals surface area contributed by atoms with Gasteiger partial charge in [-0.05, 0) is 43.3 Å². The normalized spacial score (nSPS) is 10.1. The van der Waals surface area contributed by atoms with Gasteiger partial charge in [0.05, 0.1) is 23.8 Å². The molecule has 7 heteroatoms. The van der Waals surface area contributed by atoms with Gasteiger partial charge in [0, 0.05) is 23.1 Å². The summed E-state index contributed by atoms with van der Waals surface area (Å²) in [6, 6.07) is 16.5. The average Bonchev–Trinajstić information content (AvgIpc) is 2.61. The molecule has 2 N–H and O–H groups in total. The van der Waals surface area contributed by atoms with Gasteiger partial charge in [0.15, 0.2) is 0 Å². The van der Waals surface area contributed by atoms with Crippen LogP contribution in [0.5, 0.6) is 5.75 Å². The molecule has 2 aromatic carbocycles. The number of methoxy groups -OCH3 is 1. The highest BCUT2D eigenvalue weighted by Gasteiger charge is 2.06. The van der Waals surface area contributed by atoms with Crippen LogP contribution in [-0.4, -0.2) is 17.1 Å². The first-order valence-corrected chi connectivity index (χ1v) is 8.18. The van der Waals surface area contributed by atoms with Gasteiger partial charge in [-0.2, -0.15) is 10.2 Å². The molecule has 0 aliphatic carbocycles. The monoisotopic (exact) mass is 365 g/mol. The average molecular weight is 366 g/mol. The lowest BCUT2D eigenvalue weighted by Crippen LogP contribution is -2.02. The smallest absolute Gasteiger partial charge is 0.229 e. The van der Waals surface area contributed by atoms with Crippen molar-refractivity contribution >= 4 is 34.7 Å². The number of rotatable bonds is 5. The number of anilines is 4. The fourth-order valence-corrected chi connectivity index (χ4v) is 2.63. The molecule has 0 aliphatic rings. The predicted octanol–water partition coefficient (Wildman–Crippen LogP) is 4.81. The number of hydrogen-bond donors (Lipinski definition) is 2. The minimum Gasteiger partial charge on any atom is -0.495 e. The second-order valence-electron chi connectivity index (χ2n) is 5.51. The van der Waals surface area contributed by atoms with E-state index in [9.17, 15) is 0 Å². The highest BCUT2D eigenvalue weighted by Crippen LogP contribution is 2.29. The molecule has 130 valence electrons. The Balaban J connectivity index is 1.83. The number of nitrogens with zero attached hydrogens (tertiary/aromatic N) is 3. The molecule has 1 heterocycles. The molecule has 3 aromatic rings. The van der Waals surface area contributed by atoms with Crippen molar-refractivity contribution < 1.29 is 4.74 Å². The van der Waals surface area contributed by atoms with Gasteiger partial charge in [0.2, 0.25) is 5.95 Å². The van der Waals surface area contributed by atoms with Crippen molar-refractivity contribution in [3.05, 3.63) is 64.8 Å². The van der Waals surface area contributed by atoms with Crippen LogP contribution in [0.2, 0.25) is 5.02 Å². The number of halogens is 1. The van der Waals surface area contributed by atoms with E-state index in [0.717, 1.165) is 17.1 Å². The topological polar surface area (TPSA) is 82.9 Å². The Morgan fingerprint density at radius 2 is 1.85 bits per heavy atom. The SMILES string of the molecule is COc1ccc(Nc2cc(C)nc(Nc3cccc(C#N)c3)n2)cc1Cl. The van der Waals surface area contributed by atoms with Gasteiger partial charge < -0.3 is 15.4 Å². The summed E-state index contributed by atoms with van der Waals surface area (Å²) in [6.45, 7) is 1.88. The third-order valence-electron chi connectivity index (χ3n) is 3.53. The molecule has 6 nitrogen and oxygen atoms in total. The minimum absolute atomic E-state index is 0.433. The Morgan fingerprint density at radius 3 is 2.58 bits per heavy atom. The first-order valence-electron chi connectivity index (χ1n) is 7.81. The summed E-state index contributed by atoms with van der Waals surface area (Å²) in [5.41, 5.74) is 2.88. The summed E-state index contributed by atoms with van der Waals surface area (Å²) in [5, 5.41) is 15.8. The van der Waals surface area contributed by atoms with Crippen LogP contribution in [0.3, 0.4) is 0 Å². The lowest BCUT2D eigenvalue weighted by molar-refractivity contribution is 0.415. The number of benzene rings is 2. The van der Waals surface area contributed by atoms with Crippen molar-refractivity contribution in [1.82, 2.24) is 9.97 Å². The van der Waals surface area contributed by atoms with Crippen molar-refractivity contribution in [1.29, 1.82) is 5.26 Å². The second kappa shape index (κ2) is 7.72. The van der Waals surface area contributed by atoms with Crippen molar-refractivity contribution in [3.8, 4) is 11.8 Å². The van der Waals surface area contributed by atoms with E-state index in [0.29, 0.717) is 28.1 Å². The van der Waals surface area contributed by atoms with Gasteiger partial charge in [-0.3, -0.25) is 0 Å². The molecule has 0 saturated heterocycles. The zero-order valence-corrected chi connectivity index (χ0v) is 15.0. The van der Waals surface area contributed by atoms with Crippen LogP contribution in [0.25, 0.3) is 0 Å². The number of ether oxygens (including phenoxy) is 1. The highest BCUT2D eigenvalue weighted by atomic mass is 35.5. The molecule has 0 bridgehead atoms. The standard InChI is InChI=1S/C19H16ClN5O/c1-12-8-18(23-15-6-7-17(26-2)16(20)10-15)25-19(22-12)24-14-5-3-4-13(9-14)11-21/h3-10H,1-2H3,(H2,22,23,24,25). The summed E-state index contributed by atoms with van der Waals surface area (Å²) >= 11 is 6.16. The molecule has 1 aromatic heterocycles. The lowest BCUT2D eigenvalue weighted by Gasteiger charge is -2.11. The summed E-state index contributed by atoms with van der Waals surface area (Å²) in [6.07, 6.45) is 0. The van der Waals surface area contributed by atoms with Gasteiger partial charge >= 0.3 is 0 Å². The number of nitrogens with one attached hydrogen (secondary N) is 2. The van der Waals surface area contributed by atoms with Gasteiger partial charge in [0.25, 0.3) is 0 Å². The quantitative estimate of drug-likeness (QED) is 0.675. The fourth-order valence-electron chi connectivity index (χ4n) is 2.38. The van der Waals surface area contributed by atoms with Crippen LogP contribution in [0.15, 0.2) is 48.5 Å². The molecule has 0 spiro atoms. The molecule has 0 saturated carbocycles. The molecular weight excluding hydrogens is 350 g/mol. The molecule has 0 aliphatic heterocycles. The zero-order chi connectivity index (χ0) is 18.5. The highest BCUT2D eigenvalue weighted by molar-refractivity contribution is 6.32. The van der Waals surface area contributed by atoms with Gasteiger partial charge in [-0.1, -0.05) is 17.7 Å². The largest absolute Gasteiger partial charge is 0.495 e. The van der Waals surface area contributed by atoms with Crippen LogP contribution in [0, 0.1) is 18.3 Å². The summed E-state index contributed by atoms with van der Waals surface area (Å²) < 4.78 is 5.16. The van der Waals surface area contributed by atoms with Crippen molar-refractivity contribution in [2.75, 3.05) is 17.7 Å². The van der Waals surface area contributed by atoms with Gasteiger partial charge in [-0.25, -0.2) is 4.98 Å². The fraction of sp³-hybridized carbons (Fsp3) is 0.105. The van der Waals surface area contributed by atoms with Crippen molar-refractivity contribution in [3.63, 3.8) is 0 Å². The Hall–Kier alpha value is -3.30. The van der Waals surface area contributed by atoms with Gasteiger partial charge in [-0.15, -0.1) is 0 Å². The molecule has 26 heavy (non-hydrogen) atoms. The minimum atomic E-state index is 0.433. The third kappa shape index (κ3) is 4.21. The van der Waals surface area contributed by atoms with Crippen molar-refractivity contribution in [2.24, 2.45) is 0 Å². The van der Waals surface area contributed by atoms with Crippen LogP contribution < -0.4 is 15.4 Å². The van der Waals surface area contributed by atoms with Crippen LogP contribution >= 0.6 is 11.6 Å². The van der Waals surface area contributed by atoms with Crippen molar-refractivity contribution in [2.45, 2.75) is 6.92 Å². The zero-order valence-electron chi connectivity index (χ0n) is 14.2. The second-order valence-corrected chi connectivity index (χ2v) is 5.92.